The van der Waals surface area contributed by atoms with Crippen LogP contribution in [0.25, 0.3) is 0 Å². The summed E-state index contributed by atoms with van der Waals surface area (Å²) >= 11 is 3.45. The van der Waals surface area contributed by atoms with Gasteiger partial charge in [-0.25, -0.2) is 0 Å². The van der Waals surface area contributed by atoms with Crippen LogP contribution in [0.2, 0.25) is 0 Å². The first-order valence-electron chi connectivity index (χ1n) is 5.83. The van der Waals surface area contributed by atoms with Crippen molar-refractivity contribution in [3.63, 3.8) is 0 Å². The summed E-state index contributed by atoms with van der Waals surface area (Å²) < 4.78 is 0.834. The summed E-state index contributed by atoms with van der Waals surface area (Å²) in [5, 5.41) is 13.3. The lowest BCUT2D eigenvalue weighted by Crippen LogP contribution is -2.28. The first-order chi connectivity index (χ1) is 7.61. The van der Waals surface area contributed by atoms with Crippen molar-refractivity contribution in [3.05, 3.63) is 27.2 Å². The smallest absolute Gasteiger partial charge is 0.130 e. The number of aryl methyl sites for hydroxylation is 1. The van der Waals surface area contributed by atoms with Crippen LogP contribution in [0.4, 0.5) is 0 Å². The quantitative estimate of drug-likeness (QED) is 0.826. The van der Waals surface area contributed by atoms with Gasteiger partial charge in [0.25, 0.3) is 0 Å². The Balaban J connectivity index is 2.42. The van der Waals surface area contributed by atoms with Crippen LogP contribution in [0, 0.1) is 13.8 Å². The summed E-state index contributed by atoms with van der Waals surface area (Å²) in [5.41, 5.74) is 3.69. The van der Waals surface area contributed by atoms with Gasteiger partial charge in [-0.05, 0) is 71.9 Å². The molecule has 0 spiro atoms. The van der Waals surface area contributed by atoms with Gasteiger partial charge >= 0.3 is 0 Å². The Morgan fingerprint density at radius 1 is 1.38 bits per heavy atom. The third-order valence-corrected chi connectivity index (χ3v) is 4.40. The van der Waals surface area contributed by atoms with Gasteiger partial charge in [0.2, 0.25) is 0 Å². The highest BCUT2D eigenvalue weighted by Gasteiger charge is 2.20. The lowest BCUT2D eigenvalue weighted by Gasteiger charge is -2.27. The largest absolute Gasteiger partial charge is 0.507 e. The molecule has 0 bridgehead atoms. The Labute approximate surface area is 105 Å². The number of rotatable bonds is 1. The molecule has 16 heavy (non-hydrogen) atoms. The van der Waals surface area contributed by atoms with Crippen LogP contribution in [-0.2, 0) is 0 Å². The van der Waals surface area contributed by atoms with E-state index in [-0.39, 0.29) is 0 Å². The highest BCUT2D eigenvalue weighted by atomic mass is 79.9. The number of nitrogens with one attached hydrogen (secondary N) is 1. The highest BCUT2D eigenvalue weighted by molar-refractivity contribution is 9.10. The monoisotopic (exact) mass is 283 g/mol. The SMILES string of the molecule is Cc1cc(O)c(Br)c(C)c1C1CCCCN1. The van der Waals surface area contributed by atoms with Gasteiger partial charge in [-0.15, -0.1) is 0 Å². The molecule has 1 heterocycles. The topological polar surface area (TPSA) is 32.3 Å². The number of phenols is 1. The summed E-state index contributed by atoms with van der Waals surface area (Å²) in [6.45, 7) is 5.25. The van der Waals surface area contributed by atoms with Crippen molar-refractivity contribution in [1.82, 2.24) is 5.32 Å². The first kappa shape index (κ1) is 11.9. The van der Waals surface area contributed by atoms with E-state index >= 15 is 0 Å². The molecule has 1 aromatic rings. The van der Waals surface area contributed by atoms with E-state index in [9.17, 15) is 5.11 Å². The molecule has 3 heteroatoms. The van der Waals surface area contributed by atoms with E-state index in [1.807, 2.05) is 6.07 Å². The molecule has 1 saturated heterocycles. The molecular weight excluding hydrogens is 266 g/mol. The molecule has 88 valence electrons. The van der Waals surface area contributed by atoms with E-state index in [2.05, 4.69) is 35.1 Å². The van der Waals surface area contributed by atoms with Crippen molar-refractivity contribution in [3.8, 4) is 5.75 Å². The average molecular weight is 284 g/mol. The Kier molecular flexibility index (Phi) is 3.55. The Hall–Kier alpha value is -0.540. The number of benzene rings is 1. The molecular formula is C13H18BrNO. The molecule has 1 aliphatic heterocycles. The fourth-order valence-corrected chi connectivity index (χ4v) is 2.91. The second-order valence-corrected chi connectivity index (χ2v) is 5.36. The number of halogens is 1. The second kappa shape index (κ2) is 4.76. The number of aromatic hydroxyl groups is 1. The number of phenolic OH excluding ortho intramolecular Hbond substituents is 1. The summed E-state index contributed by atoms with van der Waals surface area (Å²) in [6.07, 6.45) is 3.75. The van der Waals surface area contributed by atoms with Crippen LogP contribution < -0.4 is 5.32 Å². The van der Waals surface area contributed by atoms with Gasteiger partial charge in [0.05, 0.1) is 4.47 Å². The van der Waals surface area contributed by atoms with Crippen LogP contribution in [0.3, 0.4) is 0 Å². The van der Waals surface area contributed by atoms with Crippen molar-refractivity contribution in [2.24, 2.45) is 0 Å². The van der Waals surface area contributed by atoms with Gasteiger partial charge in [-0.1, -0.05) is 6.42 Å². The predicted molar refractivity (Wildman–Crippen MR) is 69.9 cm³/mol. The fraction of sp³-hybridized carbons (Fsp3) is 0.538. The molecule has 2 nitrogen and oxygen atoms in total. The van der Waals surface area contributed by atoms with E-state index in [0.29, 0.717) is 11.8 Å². The minimum atomic E-state index is 0.342. The van der Waals surface area contributed by atoms with Crippen LogP contribution in [-0.4, -0.2) is 11.7 Å². The average Bonchev–Trinajstić information content (AvgIpc) is 2.28. The molecule has 1 atom stereocenters. The van der Waals surface area contributed by atoms with Gasteiger partial charge < -0.3 is 10.4 Å². The summed E-state index contributed by atoms with van der Waals surface area (Å²) in [6, 6.07) is 2.30. The third kappa shape index (κ3) is 2.11. The van der Waals surface area contributed by atoms with Crippen molar-refractivity contribution in [1.29, 1.82) is 0 Å². The molecule has 2 rings (SSSR count). The third-order valence-electron chi connectivity index (χ3n) is 3.39. The van der Waals surface area contributed by atoms with Crippen LogP contribution in [0.5, 0.6) is 5.75 Å². The number of hydrogen-bond donors (Lipinski definition) is 2. The normalized spacial score (nSPS) is 21.1. The molecule has 0 aromatic heterocycles. The molecule has 0 saturated carbocycles. The summed E-state index contributed by atoms with van der Waals surface area (Å²) in [7, 11) is 0. The zero-order valence-corrected chi connectivity index (χ0v) is 11.4. The first-order valence-corrected chi connectivity index (χ1v) is 6.62. The molecule has 1 aliphatic rings. The summed E-state index contributed by atoms with van der Waals surface area (Å²) in [4.78, 5) is 0. The van der Waals surface area contributed by atoms with E-state index in [4.69, 9.17) is 0 Å². The number of hydrogen-bond acceptors (Lipinski definition) is 2. The van der Waals surface area contributed by atoms with Gasteiger partial charge in [0.1, 0.15) is 5.75 Å². The molecule has 0 aliphatic carbocycles. The van der Waals surface area contributed by atoms with E-state index in [1.165, 1.54) is 30.4 Å². The van der Waals surface area contributed by atoms with Gasteiger partial charge in [-0.3, -0.25) is 0 Å². The zero-order chi connectivity index (χ0) is 11.7. The Bertz CT molecular complexity index is 397. The van der Waals surface area contributed by atoms with Gasteiger partial charge in [0, 0.05) is 6.04 Å². The van der Waals surface area contributed by atoms with Gasteiger partial charge in [-0.2, -0.15) is 0 Å². The maximum Gasteiger partial charge on any atom is 0.130 e. The Morgan fingerprint density at radius 2 is 2.12 bits per heavy atom. The van der Waals surface area contributed by atoms with Crippen molar-refractivity contribution >= 4 is 15.9 Å². The lowest BCUT2D eigenvalue weighted by molar-refractivity contribution is 0.408. The van der Waals surface area contributed by atoms with Crippen LogP contribution in [0.1, 0.15) is 42.0 Å². The second-order valence-electron chi connectivity index (χ2n) is 4.57. The van der Waals surface area contributed by atoms with Crippen LogP contribution >= 0.6 is 15.9 Å². The fourth-order valence-electron chi connectivity index (χ4n) is 2.59. The number of piperidine rings is 1. The maximum absolute atomic E-state index is 9.74. The Morgan fingerprint density at radius 3 is 2.75 bits per heavy atom. The zero-order valence-electron chi connectivity index (χ0n) is 9.81. The van der Waals surface area contributed by atoms with Crippen molar-refractivity contribution < 1.29 is 5.11 Å². The van der Waals surface area contributed by atoms with Crippen molar-refractivity contribution in [2.45, 2.75) is 39.2 Å². The molecule has 2 N–H and O–H groups in total. The molecule has 1 fully saturated rings. The minimum Gasteiger partial charge on any atom is -0.507 e. The van der Waals surface area contributed by atoms with Crippen LogP contribution in [0.15, 0.2) is 10.5 Å². The van der Waals surface area contributed by atoms with E-state index < -0.39 is 0 Å². The van der Waals surface area contributed by atoms with Gasteiger partial charge in [0.15, 0.2) is 0 Å². The maximum atomic E-state index is 9.74. The predicted octanol–water partition coefficient (Wildman–Crippen LogP) is 3.59. The standard InChI is InChI=1S/C13H18BrNO/c1-8-7-11(16)13(14)9(2)12(8)10-5-3-4-6-15-10/h7,10,15-16H,3-6H2,1-2H3. The minimum absolute atomic E-state index is 0.342. The van der Waals surface area contributed by atoms with Crippen molar-refractivity contribution in [2.75, 3.05) is 6.54 Å². The van der Waals surface area contributed by atoms with E-state index in [1.54, 1.807) is 0 Å². The molecule has 0 amide bonds. The highest BCUT2D eigenvalue weighted by Crippen LogP contribution is 2.37. The summed E-state index contributed by atoms with van der Waals surface area (Å²) in [5.74, 6) is 0.342. The van der Waals surface area contributed by atoms with E-state index in [0.717, 1.165) is 16.6 Å². The molecule has 1 aromatic carbocycles. The molecule has 1 unspecified atom stereocenters. The molecule has 0 radical (unpaired) electrons. The lowest BCUT2D eigenvalue weighted by atomic mass is 9.90.